The number of rotatable bonds is 10. The van der Waals surface area contributed by atoms with Gasteiger partial charge in [0.1, 0.15) is 18.5 Å². The number of aliphatic hydroxyl groups excluding tert-OH is 3. The molecular weight excluding hydrogens is 564 g/mol. The van der Waals surface area contributed by atoms with E-state index in [-0.39, 0.29) is 31.7 Å². The number of nitrogens with zero attached hydrogens (tertiary/aromatic N) is 4. The van der Waals surface area contributed by atoms with Crippen molar-refractivity contribution in [2.45, 2.75) is 62.1 Å². The standard InChI is InChI=1S/C31H38N8O5/c32-20-11-12-39(15-20)30-37-28(33-21(16-40)13-18-7-3-1-4-8-18)24-29(38-30)36-27(35-24)22-14-23(26(42)25(22)41)34-31(43)44-17-19-9-5-2-6-10-19/h1-10,20-23,25-26,40-42H,11-17,32H2,(H,34,43)(H2,33,35,36,37,38)/t20-,21+,22+,23+,25+,26-/m1/s1. The van der Waals surface area contributed by atoms with Crippen molar-refractivity contribution in [3.8, 4) is 0 Å². The van der Waals surface area contributed by atoms with Crippen molar-refractivity contribution in [1.82, 2.24) is 25.3 Å². The van der Waals surface area contributed by atoms with Crippen molar-refractivity contribution >= 4 is 29.0 Å². The number of alkyl carbamates (subject to hydrolysis) is 1. The summed E-state index contributed by atoms with van der Waals surface area (Å²) in [5, 5.41) is 38.1. The lowest BCUT2D eigenvalue weighted by Crippen LogP contribution is -2.43. The molecule has 2 aliphatic rings. The highest BCUT2D eigenvalue weighted by molar-refractivity contribution is 5.84. The Bertz CT molecular complexity index is 1550. The van der Waals surface area contributed by atoms with E-state index in [0.29, 0.717) is 48.3 Å². The summed E-state index contributed by atoms with van der Waals surface area (Å²) in [7, 11) is 0. The van der Waals surface area contributed by atoms with E-state index in [1.807, 2.05) is 65.6 Å². The fraction of sp³-hybridized carbons (Fsp3) is 0.419. The lowest BCUT2D eigenvalue weighted by molar-refractivity contribution is 0.0215. The van der Waals surface area contributed by atoms with E-state index in [1.54, 1.807) is 0 Å². The van der Waals surface area contributed by atoms with Crippen LogP contribution in [0.25, 0.3) is 11.2 Å². The summed E-state index contributed by atoms with van der Waals surface area (Å²) in [6.45, 7) is 1.27. The van der Waals surface area contributed by atoms with Crippen molar-refractivity contribution in [3.63, 3.8) is 0 Å². The Morgan fingerprint density at radius 1 is 1.05 bits per heavy atom. The van der Waals surface area contributed by atoms with E-state index < -0.39 is 30.3 Å². The molecule has 6 atom stereocenters. The predicted molar refractivity (Wildman–Crippen MR) is 164 cm³/mol. The number of fused-ring (bicyclic) bond motifs is 1. The zero-order valence-corrected chi connectivity index (χ0v) is 24.2. The number of nitrogens with two attached hydrogens (primary N) is 1. The van der Waals surface area contributed by atoms with E-state index in [4.69, 9.17) is 25.4 Å². The summed E-state index contributed by atoms with van der Waals surface area (Å²) < 4.78 is 5.31. The molecule has 44 heavy (non-hydrogen) atoms. The molecule has 0 bridgehead atoms. The highest BCUT2D eigenvalue weighted by Gasteiger charge is 2.44. The lowest BCUT2D eigenvalue weighted by Gasteiger charge is -2.20. The molecule has 1 saturated carbocycles. The molecule has 2 fully saturated rings. The van der Waals surface area contributed by atoms with Crippen LogP contribution in [0.4, 0.5) is 16.6 Å². The van der Waals surface area contributed by atoms with Crippen molar-refractivity contribution in [2.24, 2.45) is 5.73 Å². The highest BCUT2D eigenvalue weighted by atomic mass is 16.5. The van der Waals surface area contributed by atoms with E-state index in [9.17, 15) is 20.1 Å². The summed E-state index contributed by atoms with van der Waals surface area (Å²) in [6, 6.07) is 18.0. The lowest BCUT2D eigenvalue weighted by atomic mass is 10.1. The van der Waals surface area contributed by atoms with Crippen LogP contribution in [-0.4, -0.2) is 91.4 Å². The van der Waals surface area contributed by atoms with E-state index in [2.05, 4.69) is 15.6 Å². The van der Waals surface area contributed by atoms with E-state index >= 15 is 0 Å². The molecule has 0 radical (unpaired) electrons. The van der Waals surface area contributed by atoms with Crippen molar-refractivity contribution in [2.75, 3.05) is 29.9 Å². The predicted octanol–water partition coefficient (Wildman–Crippen LogP) is 1.41. The molecule has 13 nitrogen and oxygen atoms in total. The van der Waals surface area contributed by atoms with Crippen molar-refractivity contribution < 1.29 is 24.9 Å². The Hall–Kier alpha value is -4.30. The first-order valence-electron chi connectivity index (χ1n) is 14.9. The second kappa shape index (κ2) is 13.1. The molecule has 232 valence electrons. The number of anilines is 2. The maximum atomic E-state index is 12.5. The topological polar surface area (TPSA) is 195 Å². The molecule has 6 rings (SSSR count). The maximum absolute atomic E-state index is 12.5. The normalized spacial score (nSPS) is 24.0. The third-order valence-electron chi connectivity index (χ3n) is 8.29. The Morgan fingerprint density at radius 2 is 1.77 bits per heavy atom. The monoisotopic (exact) mass is 602 g/mol. The van der Waals surface area contributed by atoms with Gasteiger partial charge in [-0.15, -0.1) is 0 Å². The van der Waals surface area contributed by atoms with Gasteiger partial charge in [-0.05, 0) is 30.4 Å². The first-order valence-corrected chi connectivity index (χ1v) is 14.9. The SMILES string of the molecule is N[C@@H]1CCN(c2nc(N[C@H](CO)Cc3ccccc3)c3nc([C@H]4C[C@H](NC(=O)OCc5ccccc5)[C@@H](O)[C@H]4O)[nH]c3n2)C1. The summed E-state index contributed by atoms with van der Waals surface area (Å²) in [4.78, 5) is 32.0. The molecule has 8 N–H and O–H groups in total. The average molecular weight is 603 g/mol. The van der Waals surface area contributed by atoms with Crippen molar-refractivity contribution in [1.29, 1.82) is 0 Å². The zero-order chi connectivity index (χ0) is 30.6. The van der Waals surface area contributed by atoms with Crippen LogP contribution in [0.5, 0.6) is 0 Å². The molecule has 13 heteroatoms. The van der Waals surface area contributed by atoms with Gasteiger partial charge in [0.2, 0.25) is 5.95 Å². The van der Waals surface area contributed by atoms with Crippen LogP contribution in [0.2, 0.25) is 0 Å². The number of nitrogens with one attached hydrogen (secondary N) is 3. The van der Waals surface area contributed by atoms with Gasteiger partial charge < -0.3 is 46.3 Å². The quantitative estimate of drug-likeness (QED) is 0.139. The molecule has 3 heterocycles. The molecule has 4 aromatic rings. The first kappa shape index (κ1) is 29.8. The number of aliphatic hydroxyl groups is 3. The number of hydrogen-bond acceptors (Lipinski definition) is 11. The Kier molecular flexibility index (Phi) is 8.89. The number of ether oxygens (including phenoxy) is 1. The van der Waals surface area contributed by atoms with Crippen LogP contribution in [0.15, 0.2) is 60.7 Å². The average Bonchev–Trinajstić information content (AvgIpc) is 3.74. The van der Waals surface area contributed by atoms with Crippen molar-refractivity contribution in [3.05, 3.63) is 77.6 Å². The minimum Gasteiger partial charge on any atom is -0.445 e. The Balaban J connectivity index is 1.23. The molecule has 1 aliphatic heterocycles. The van der Waals surface area contributed by atoms with Gasteiger partial charge in [-0.1, -0.05) is 60.7 Å². The maximum Gasteiger partial charge on any atom is 0.407 e. The number of aromatic amines is 1. The molecule has 0 unspecified atom stereocenters. The number of hydrogen-bond donors (Lipinski definition) is 7. The highest BCUT2D eigenvalue weighted by Crippen LogP contribution is 2.36. The van der Waals surface area contributed by atoms with Gasteiger partial charge in [0.15, 0.2) is 17.0 Å². The summed E-state index contributed by atoms with van der Waals surface area (Å²) in [6.07, 6.45) is -1.51. The molecule has 2 aromatic heterocycles. The number of carbonyl (C=O) groups is 1. The zero-order valence-electron chi connectivity index (χ0n) is 24.2. The fourth-order valence-electron chi connectivity index (χ4n) is 5.91. The van der Waals surface area contributed by atoms with Gasteiger partial charge in [0, 0.05) is 25.0 Å². The van der Waals surface area contributed by atoms with E-state index in [0.717, 1.165) is 17.5 Å². The number of amides is 1. The molecular formula is C31H38N8O5. The van der Waals surface area contributed by atoms with Gasteiger partial charge in [-0.25, -0.2) is 9.78 Å². The third kappa shape index (κ3) is 6.60. The number of carbonyl (C=O) groups excluding carboxylic acids is 1. The van der Waals surface area contributed by atoms with Gasteiger partial charge in [-0.3, -0.25) is 0 Å². The number of imidazole rings is 1. The van der Waals surface area contributed by atoms with Gasteiger partial charge in [-0.2, -0.15) is 9.97 Å². The second-order valence-electron chi connectivity index (χ2n) is 11.5. The van der Waals surface area contributed by atoms with Gasteiger partial charge in [0.25, 0.3) is 0 Å². The molecule has 1 aliphatic carbocycles. The summed E-state index contributed by atoms with van der Waals surface area (Å²) in [5.74, 6) is 0.709. The van der Waals surface area contributed by atoms with Crippen LogP contribution in [-0.2, 0) is 17.8 Å². The van der Waals surface area contributed by atoms with Gasteiger partial charge in [0.05, 0.1) is 24.8 Å². The van der Waals surface area contributed by atoms with E-state index in [1.165, 1.54) is 0 Å². The number of H-pyrrole nitrogens is 1. The largest absolute Gasteiger partial charge is 0.445 e. The molecule has 1 amide bonds. The van der Waals surface area contributed by atoms with Crippen LogP contribution >= 0.6 is 0 Å². The number of benzene rings is 2. The van der Waals surface area contributed by atoms with Crippen LogP contribution in [0.1, 0.15) is 35.7 Å². The second-order valence-corrected chi connectivity index (χ2v) is 11.5. The van der Waals surface area contributed by atoms with Crippen LogP contribution in [0, 0.1) is 0 Å². The Morgan fingerprint density at radius 3 is 2.45 bits per heavy atom. The number of aromatic nitrogens is 4. The summed E-state index contributed by atoms with van der Waals surface area (Å²) in [5.41, 5.74) is 8.94. The minimum atomic E-state index is -1.23. The minimum absolute atomic E-state index is 0.0187. The summed E-state index contributed by atoms with van der Waals surface area (Å²) >= 11 is 0. The smallest absolute Gasteiger partial charge is 0.407 e. The Labute approximate surface area is 254 Å². The van der Waals surface area contributed by atoms with Crippen LogP contribution < -0.4 is 21.3 Å². The van der Waals surface area contributed by atoms with Gasteiger partial charge >= 0.3 is 6.09 Å². The fourth-order valence-corrected chi connectivity index (χ4v) is 5.91. The third-order valence-corrected chi connectivity index (χ3v) is 8.29. The molecule has 2 aromatic carbocycles. The molecule has 1 saturated heterocycles. The molecule has 0 spiro atoms. The van der Waals surface area contributed by atoms with Crippen LogP contribution in [0.3, 0.4) is 0 Å². The first-order chi connectivity index (χ1) is 21.4.